The number of esters is 1. The minimum absolute atomic E-state index is 0.0204. The molecule has 5 atom stereocenters. The molecular formula is C25H33ClN2O2. The summed E-state index contributed by atoms with van der Waals surface area (Å²) < 4.78 is 5.95. The molecule has 0 radical (unpaired) electrons. The van der Waals surface area contributed by atoms with Crippen LogP contribution in [0.25, 0.3) is 0 Å². The number of allylic oxidation sites excluding steroid dienone is 1. The second kappa shape index (κ2) is 7.87. The van der Waals surface area contributed by atoms with E-state index in [9.17, 15) is 4.79 Å². The number of hydrogen-bond donors (Lipinski definition) is 0. The van der Waals surface area contributed by atoms with E-state index < -0.39 is 0 Å². The Balaban J connectivity index is 1.23. The van der Waals surface area contributed by atoms with Gasteiger partial charge in [-0.1, -0.05) is 36.7 Å². The van der Waals surface area contributed by atoms with Crippen molar-refractivity contribution in [3.8, 4) is 0 Å². The molecule has 2 saturated heterocycles. The van der Waals surface area contributed by atoms with Gasteiger partial charge in [0.1, 0.15) is 6.10 Å². The monoisotopic (exact) mass is 428 g/mol. The lowest BCUT2D eigenvalue weighted by Gasteiger charge is -2.50. The molecule has 2 saturated carbocycles. The molecule has 4 nitrogen and oxygen atoms in total. The van der Waals surface area contributed by atoms with Gasteiger partial charge in [-0.3, -0.25) is 9.69 Å². The highest BCUT2D eigenvalue weighted by Gasteiger charge is 2.55. The first-order chi connectivity index (χ1) is 14.4. The summed E-state index contributed by atoms with van der Waals surface area (Å²) in [5, 5.41) is 0.781. The maximum atomic E-state index is 12.8. The van der Waals surface area contributed by atoms with E-state index in [0.29, 0.717) is 11.8 Å². The Morgan fingerprint density at radius 3 is 2.83 bits per heavy atom. The minimum Gasteiger partial charge on any atom is -0.462 e. The SMILES string of the molecule is C=C1CCC[C@@]2(C)C[C@H]3OC(=O)[C@@H](CN4CCN(c5cccc(Cl)c5)CC4)[C@@H]3C[C@H]12. The number of carbonyl (C=O) groups is 1. The van der Waals surface area contributed by atoms with Crippen LogP contribution in [-0.2, 0) is 9.53 Å². The Hall–Kier alpha value is -1.52. The number of benzene rings is 1. The third-order valence-electron chi connectivity index (χ3n) is 8.32. The summed E-state index contributed by atoms with van der Waals surface area (Å²) in [7, 11) is 0. The fourth-order valence-corrected chi connectivity index (χ4v) is 6.79. The molecule has 2 aliphatic carbocycles. The second-order valence-electron chi connectivity index (χ2n) is 10.2. The number of carbonyl (C=O) groups excluding carboxylic acids is 1. The summed E-state index contributed by atoms with van der Waals surface area (Å²) >= 11 is 6.16. The van der Waals surface area contributed by atoms with Gasteiger partial charge in [-0.25, -0.2) is 0 Å². The van der Waals surface area contributed by atoms with E-state index in [1.165, 1.54) is 24.1 Å². The second-order valence-corrected chi connectivity index (χ2v) is 10.6. The molecule has 4 fully saturated rings. The Bertz CT molecular complexity index is 834. The Kier molecular flexibility index (Phi) is 5.35. The predicted molar refractivity (Wildman–Crippen MR) is 121 cm³/mol. The summed E-state index contributed by atoms with van der Waals surface area (Å²) in [6, 6.07) is 8.08. The van der Waals surface area contributed by atoms with E-state index in [0.717, 1.165) is 57.0 Å². The topological polar surface area (TPSA) is 32.8 Å². The standard InChI is InChI=1S/C25H33ClN2O2/c1-17-5-4-8-25(2)15-23-20(14-22(17)25)21(24(29)30-23)16-27-9-11-28(12-10-27)19-7-3-6-18(26)13-19/h3,6-7,13,20-23H,1,4-5,8-12,14-16H2,2H3/t20-,21-,22+,23+,25-/m0/s1. The number of anilines is 1. The van der Waals surface area contributed by atoms with Crippen molar-refractivity contribution >= 4 is 23.3 Å². The van der Waals surface area contributed by atoms with Crippen molar-refractivity contribution in [2.24, 2.45) is 23.2 Å². The third kappa shape index (κ3) is 3.67. The average molecular weight is 429 g/mol. The van der Waals surface area contributed by atoms with Gasteiger partial charge in [0.15, 0.2) is 0 Å². The predicted octanol–water partition coefficient (Wildman–Crippen LogP) is 4.78. The van der Waals surface area contributed by atoms with E-state index in [1.54, 1.807) is 0 Å². The van der Waals surface area contributed by atoms with Gasteiger partial charge in [-0.15, -0.1) is 0 Å². The van der Waals surface area contributed by atoms with Crippen LogP contribution in [0.1, 0.15) is 39.0 Å². The molecule has 2 aliphatic heterocycles. The molecule has 0 N–H and O–H groups in total. The van der Waals surface area contributed by atoms with Gasteiger partial charge in [0.25, 0.3) is 0 Å². The molecule has 0 bridgehead atoms. The Morgan fingerprint density at radius 1 is 1.27 bits per heavy atom. The first-order valence-corrected chi connectivity index (χ1v) is 11.9. The number of ether oxygens (including phenoxy) is 1. The van der Waals surface area contributed by atoms with Crippen molar-refractivity contribution < 1.29 is 9.53 Å². The number of hydrogen-bond acceptors (Lipinski definition) is 4. The maximum absolute atomic E-state index is 12.8. The number of nitrogens with zero attached hydrogens (tertiary/aromatic N) is 2. The molecule has 0 amide bonds. The lowest BCUT2D eigenvalue weighted by molar-refractivity contribution is -0.146. The molecule has 5 rings (SSSR count). The zero-order chi connectivity index (χ0) is 20.9. The first-order valence-electron chi connectivity index (χ1n) is 11.5. The van der Waals surface area contributed by atoms with Crippen LogP contribution >= 0.6 is 11.6 Å². The maximum Gasteiger partial charge on any atom is 0.310 e. The van der Waals surface area contributed by atoms with Gasteiger partial charge in [0.05, 0.1) is 5.92 Å². The Labute approximate surface area is 185 Å². The molecule has 162 valence electrons. The van der Waals surface area contributed by atoms with Gasteiger partial charge in [-0.05, 0) is 61.6 Å². The summed E-state index contributed by atoms with van der Waals surface area (Å²) in [6.45, 7) is 11.5. The highest BCUT2D eigenvalue weighted by atomic mass is 35.5. The molecule has 0 aromatic heterocycles. The average Bonchev–Trinajstić information content (AvgIpc) is 3.01. The smallest absolute Gasteiger partial charge is 0.310 e. The molecule has 4 aliphatic rings. The number of piperazine rings is 1. The lowest BCUT2D eigenvalue weighted by atomic mass is 9.55. The molecule has 1 aromatic carbocycles. The lowest BCUT2D eigenvalue weighted by Crippen LogP contribution is -2.50. The van der Waals surface area contributed by atoms with E-state index in [4.69, 9.17) is 16.3 Å². The van der Waals surface area contributed by atoms with Crippen molar-refractivity contribution in [2.45, 2.75) is 45.1 Å². The van der Waals surface area contributed by atoms with Crippen LogP contribution in [0.4, 0.5) is 5.69 Å². The van der Waals surface area contributed by atoms with Gasteiger partial charge in [0, 0.05) is 49.4 Å². The van der Waals surface area contributed by atoms with Crippen LogP contribution in [0.3, 0.4) is 0 Å². The zero-order valence-electron chi connectivity index (χ0n) is 18.0. The molecule has 5 heteroatoms. The zero-order valence-corrected chi connectivity index (χ0v) is 18.7. The normalized spacial score (nSPS) is 36.9. The van der Waals surface area contributed by atoms with Crippen molar-refractivity contribution in [2.75, 3.05) is 37.6 Å². The summed E-state index contributed by atoms with van der Waals surface area (Å²) in [5.41, 5.74) is 2.87. The summed E-state index contributed by atoms with van der Waals surface area (Å²) in [5.74, 6) is 0.975. The van der Waals surface area contributed by atoms with E-state index in [1.807, 2.05) is 18.2 Å². The van der Waals surface area contributed by atoms with Gasteiger partial charge >= 0.3 is 5.97 Å². The van der Waals surface area contributed by atoms with Gasteiger partial charge in [0.2, 0.25) is 0 Å². The van der Waals surface area contributed by atoms with E-state index in [-0.39, 0.29) is 23.4 Å². The van der Waals surface area contributed by atoms with Crippen LogP contribution in [0, 0.1) is 23.2 Å². The summed E-state index contributed by atoms with van der Waals surface area (Å²) in [4.78, 5) is 17.7. The minimum atomic E-state index is 0.0204. The van der Waals surface area contributed by atoms with Crippen molar-refractivity contribution in [3.05, 3.63) is 41.4 Å². The molecule has 2 heterocycles. The Morgan fingerprint density at radius 2 is 2.07 bits per heavy atom. The fraction of sp³-hybridized carbons (Fsp3) is 0.640. The molecular weight excluding hydrogens is 396 g/mol. The number of halogens is 1. The molecule has 1 aromatic rings. The van der Waals surface area contributed by atoms with Crippen LogP contribution in [0.15, 0.2) is 36.4 Å². The van der Waals surface area contributed by atoms with Crippen molar-refractivity contribution in [1.29, 1.82) is 0 Å². The fourth-order valence-electron chi connectivity index (χ4n) is 6.60. The molecule has 30 heavy (non-hydrogen) atoms. The first kappa shape index (κ1) is 20.4. The van der Waals surface area contributed by atoms with Gasteiger partial charge in [-0.2, -0.15) is 0 Å². The highest BCUT2D eigenvalue weighted by molar-refractivity contribution is 6.30. The van der Waals surface area contributed by atoms with Gasteiger partial charge < -0.3 is 9.64 Å². The van der Waals surface area contributed by atoms with E-state index in [2.05, 4.69) is 29.4 Å². The number of fused-ring (bicyclic) bond motifs is 2. The quantitative estimate of drug-likeness (QED) is 0.512. The molecule has 0 spiro atoms. The van der Waals surface area contributed by atoms with Crippen molar-refractivity contribution in [3.63, 3.8) is 0 Å². The van der Waals surface area contributed by atoms with Crippen LogP contribution in [0.5, 0.6) is 0 Å². The largest absolute Gasteiger partial charge is 0.462 e. The van der Waals surface area contributed by atoms with Crippen LogP contribution in [-0.4, -0.2) is 49.7 Å². The summed E-state index contributed by atoms with van der Waals surface area (Å²) in [6.07, 6.45) is 5.85. The highest BCUT2D eigenvalue weighted by Crippen LogP contribution is 2.56. The van der Waals surface area contributed by atoms with Crippen LogP contribution in [0.2, 0.25) is 5.02 Å². The van der Waals surface area contributed by atoms with E-state index >= 15 is 0 Å². The van der Waals surface area contributed by atoms with Crippen LogP contribution < -0.4 is 4.90 Å². The molecule has 0 unspecified atom stereocenters. The number of rotatable bonds is 3. The van der Waals surface area contributed by atoms with Crippen molar-refractivity contribution in [1.82, 2.24) is 4.90 Å². The third-order valence-corrected chi connectivity index (χ3v) is 8.56.